The molecule has 5 heteroatoms. The minimum atomic E-state index is -0.418. The van der Waals surface area contributed by atoms with Gasteiger partial charge in [0.1, 0.15) is 4.32 Å². The molecule has 112 valence electrons. The number of thioether (sulfide) groups is 1. The molecule has 22 heavy (non-hydrogen) atoms. The third-order valence-corrected chi connectivity index (χ3v) is 6.03. The average Bonchev–Trinajstić information content (AvgIpc) is 2.53. The number of hydrogen-bond acceptors (Lipinski definition) is 4. The second-order valence-electron chi connectivity index (χ2n) is 5.12. The highest BCUT2D eigenvalue weighted by Gasteiger charge is 2.40. The molecule has 0 bridgehead atoms. The summed E-state index contributed by atoms with van der Waals surface area (Å²) in [4.78, 5) is 14.4. The smallest absolute Gasteiger partial charge is 0.246 e. The largest absolute Gasteiger partial charge is 0.273 e. The lowest BCUT2D eigenvalue weighted by molar-refractivity contribution is -0.117. The number of benzene rings is 2. The van der Waals surface area contributed by atoms with Gasteiger partial charge in [-0.1, -0.05) is 72.5 Å². The van der Waals surface area contributed by atoms with Gasteiger partial charge in [-0.2, -0.15) is 12.6 Å². The summed E-state index contributed by atoms with van der Waals surface area (Å²) in [5.74, 6) is -0.0600. The van der Waals surface area contributed by atoms with Gasteiger partial charge in [-0.3, -0.25) is 9.69 Å². The Labute approximate surface area is 145 Å². The quantitative estimate of drug-likeness (QED) is 0.643. The predicted octanol–water partition coefficient (Wildman–Crippen LogP) is 4.40. The molecule has 0 aliphatic carbocycles. The van der Waals surface area contributed by atoms with Gasteiger partial charge in [-0.05, 0) is 24.1 Å². The van der Waals surface area contributed by atoms with Crippen molar-refractivity contribution in [3.63, 3.8) is 0 Å². The fraction of sp³-hybridized carbons (Fsp3) is 0.176. The Balaban J connectivity index is 1.95. The van der Waals surface area contributed by atoms with E-state index in [1.54, 1.807) is 4.90 Å². The number of carbonyl (C=O) groups excluding carboxylic acids is 1. The van der Waals surface area contributed by atoms with Crippen LogP contribution in [0.3, 0.4) is 0 Å². The molecule has 2 atom stereocenters. The van der Waals surface area contributed by atoms with Crippen LogP contribution in [0.25, 0.3) is 0 Å². The van der Waals surface area contributed by atoms with E-state index >= 15 is 0 Å². The Morgan fingerprint density at radius 3 is 2.41 bits per heavy atom. The molecule has 1 heterocycles. The first kappa shape index (κ1) is 15.6. The standard InChI is InChI=1S/C17H15NOS3/c1-11-7-5-6-10-13(11)18-16(19)14(20)15(22-17(18)21)12-8-3-2-4-9-12/h2-10,14-15,20H,1H3/t14-,15+/m0/s1. The van der Waals surface area contributed by atoms with Crippen molar-refractivity contribution in [1.82, 2.24) is 0 Å². The molecule has 2 nitrogen and oxygen atoms in total. The molecular weight excluding hydrogens is 330 g/mol. The Bertz CT molecular complexity index is 717. The van der Waals surface area contributed by atoms with Crippen LogP contribution < -0.4 is 4.90 Å². The first-order valence-electron chi connectivity index (χ1n) is 6.93. The van der Waals surface area contributed by atoms with Crippen molar-refractivity contribution >= 4 is 52.5 Å². The summed E-state index contributed by atoms with van der Waals surface area (Å²) in [6.07, 6.45) is 0. The lowest BCUT2D eigenvalue weighted by atomic mass is 10.1. The first-order valence-corrected chi connectivity index (χ1v) is 8.73. The van der Waals surface area contributed by atoms with E-state index in [1.165, 1.54) is 11.8 Å². The molecule has 2 aromatic rings. The summed E-state index contributed by atoms with van der Waals surface area (Å²) in [6, 6.07) is 17.7. The van der Waals surface area contributed by atoms with Gasteiger partial charge < -0.3 is 0 Å². The molecule has 0 N–H and O–H groups in total. The summed E-state index contributed by atoms with van der Waals surface area (Å²) >= 11 is 11.6. The summed E-state index contributed by atoms with van der Waals surface area (Å²) in [6.45, 7) is 1.98. The van der Waals surface area contributed by atoms with Gasteiger partial charge in [0.25, 0.3) is 0 Å². The van der Waals surface area contributed by atoms with Crippen molar-refractivity contribution < 1.29 is 4.79 Å². The molecule has 0 spiro atoms. The molecule has 0 saturated carbocycles. The molecule has 1 fully saturated rings. The lowest BCUT2D eigenvalue weighted by Crippen LogP contribution is -2.46. The number of rotatable bonds is 2. The fourth-order valence-corrected chi connectivity index (χ4v) is 4.52. The molecule has 2 aromatic carbocycles. The molecule has 1 amide bonds. The number of hydrogen-bond donors (Lipinski definition) is 1. The van der Waals surface area contributed by atoms with Gasteiger partial charge in [0.15, 0.2) is 0 Å². The highest BCUT2D eigenvalue weighted by Crippen LogP contribution is 2.43. The Kier molecular flexibility index (Phi) is 4.57. The maximum Gasteiger partial charge on any atom is 0.246 e. The number of anilines is 1. The lowest BCUT2D eigenvalue weighted by Gasteiger charge is -2.36. The maximum absolute atomic E-state index is 12.8. The van der Waals surface area contributed by atoms with E-state index < -0.39 is 5.25 Å². The normalized spacial score (nSPS) is 22.0. The van der Waals surface area contributed by atoms with Crippen molar-refractivity contribution in [3.8, 4) is 0 Å². The zero-order valence-corrected chi connectivity index (χ0v) is 14.5. The molecule has 0 radical (unpaired) electrons. The summed E-state index contributed by atoms with van der Waals surface area (Å²) in [5.41, 5.74) is 2.95. The zero-order chi connectivity index (χ0) is 15.7. The summed E-state index contributed by atoms with van der Waals surface area (Å²) < 4.78 is 0.582. The SMILES string of the molecule is Cc1ccccc1N1C(=O)[C@@H](S)[C@@H](c2ccccc2)SC1=S. The summed E-state index contributed by atoms with van der Waals surface area (Å²) in [7, 11) is 0. The van der Waals surface area contributed by atoms with Gasteiger partial charge in [0.05, 0.1) is 16.2 Å². The number of amides is 1. The van der Waals surface area contributed by atoms with Crippen molar-refractivity contribution in [2.45, 2.75) is 17.4 Å². The van der Waals surface area contributed by atoms with Crippen LogP contribution in [0.2, 0.25) is 0 Å². The van der Waals surface area contributed by atoms with E-state index in [1.807, 2.05) is 61.5 Å². The second kappa shape index (κ2) is 6.44. The van der Waals surface area contributed by atoms with Gasteiger partial charge in [-0.15, -0.1) is 0 Å². The van der Waals surface area contributed by atoms with Crippen LogP contribution in [0.15, 0.2) is 54.6 Å². The van der Waals surface area contributed by atoms with Crippen molar-refractivity contribution in [2.24, 2.45) is 0 Å². The highest BCUT2D eigenvalue weighted by atomic mass is 32.2. The minimum Gasteiger partial charge on any atom is -0.273 e. The fourth-order valence-electron chi connectivity index (χ4n) is 2.50. The monoisotopic (exact) mass is 345 g/mol. The predicted molar refractivity (Wildman–Crippen MR) is 101 cm³/mol. The number of nitrogens with zero attached hydrogens (tertiary/aromatic N) is 1. The van der Waals surface area contributed by atoms with Crippen LogP contribution in [-0.4, -0.2) is 15.5 Å². The van der Waals surface area contributed by atoms with Gasteiger partial charge >= 0.3 is 0 Å². The van der Waals surface area contributed by atoms with Crippen LogP contribution in [-0.2, 0) is 4.79 Å². The van der Waals surface area contributed by atoms with E-state index in [9.17, 15) is 4.79 Å². The Hall–Kier alpha value is -1.30. The van der Waals surface area contributed by atoms with Crippen molar-refractivity contribution in [2.75, 3.05) is 4.90 Å². The molecule has 0 unspecified atom stereocenters. The topological polar surface area (TPSA) is 20.3 Å². The third kappa shape index (κ3) is 2.81. The number of carbonyl (C=O) groups is 1. The van der Waals surface area contributed by atoms with E-state index in [4.69, 9.17) is 12.2 Å². The number of para-hydroxylation sites is 1. The van der Waals surface area contributed by atoms with Crippen LogP contribution in [0.5, 0.6) is 0 Å². The first-order chi connectivity index (χ1) is 10.6. The Morgan fingerprint density at radius 2 is 1.73 bits per heavy atom. The van der Waals surface area contributed by atoms with E-state index in [0.717, 1.165) is 16.8 Å². The number of thiocarbonyl (C=S) groups is 1. The Morgan fingerprint density at radius 1 is 1.09 bits per heavy atom. The van der Waals surface area contributed by atoms with Gasteiger partial charge in [-0.25, -0.2) is 0 Å². The van der Waals surface area contributed by atoms with E-state index in [-0.39, 0.29) is 11.2 Å². The van der Waals surface area contributed by atoms with Crippen LogP contribution in [0.4, 0.5) is 5.69 Å². The molecule has 1 aliphatic rings. The molecule has 1 saturated heterocycles. The van der Waals surface area contributed by atoms with Gasteiger partial charge in [0, 0.05) is 0 Å². The minimum absolute atomic E-state index is 0.0511. The van der Waals surface area contributed by atoms with Crippen LogP contribution >= 0.6 is 36.6 Å². The van der Waals surface area contributed by atoms with Crippen molar-refractivity contribution in [1.29, 1.82) is 0 Å². The molecule has 1 aliphatic heterocycles. The number of thiol groups is 1. The van der Waals surface area contributed by atoms with Crippen molar-refractivity contribution in [3.05, 3.63) is 65.7 Å². The van der Waals surface area contributed by atoms with E-state index in [0.29, 0.717) is 4.32 Å². The molecular formula is C17H15NOS3. The molecule has 3 rings (SSSR count). The summed E-state index contributed by atoms with van der Waals surface area (Å²) in [5, 5.41) is -0.469. The maximum atomic E-state index is 12.8. The molecule has 0 aromatic heterocycles. The second-order valence-corrected chi connectivity index (χ2v) is 7.45. The average molecular weight is 346 g/mol. The third-order valence-electron chi connectivity index (χ3n) is 3.65. The van der Waals surface area contributed by atoms with E-state index in [2.05, 4.69) is 12.6 Å². The highest BCUT2D eigenvalue weighted by molar-refractivity contribution is 8.24. The van der Waals surface area contributed by atoms with Crippen LogP contribution in [0, 0.1) is 6.92 Å². The zero-order valence-electron chi connectivity index (χ0n) is 12.0. The number of aryl methyl sites for hydroxylation is 1. The van der Waals surface area contributed by atoms with Gasteiger partial charge in [0.2, 0.25) is 5.91 Å². The van der Waals surface area contributed by atoms with Crippen LogP contribution in [0.1, 0.15) is 16.4 Å².